The number of unbranched alkanes of at least 4 members (excludes halogenated alkanes) is 1. The molecule has 1 atom stereocenters. The van der Waals surface area contributed by atoms with E-state index in [4.69, 9.17) is 14.5 Å². The van der Waals surface area contributed by atoms with Gasteiger partial charge in [-0.15, -0.1) is 6.58 Å². The van der Waals surface area contributed by atoms with Crippen LogP contribution in [0, 0.1) is 0 Å². The minimum absolute atomic E-state index is 0.310. The number of ether oxygens (including phenoxy) is 2. The summed E-state index contributed by atoms with van der Waals surface area (Å²) < 4.78 is 50.4. The topological polar surface area (TPSA) is 48.4 Å². The molecule has 1 unspecified atom stereocenters. The summed E-state index contributed by atoms with van der Waals surface area (Å²) in [5.41, 5.74) is 2.91. The van der Waals surface area contributed by atoms with Crippen molar-refractivity contribution >= 4 is 12.0 Å². The number of carbonyl (C=O) groups is 1. The summed E-state index contributed by atoms with van der Waals surface area (Å²) >= 11 is 0. The third-order valence-corrected chi connectivity index (χ3v) is 5.84. The van der Waals surface area contributed by atoms with Gasteiger partial charge in [0.25, 0.3) is 0 Å². The van der Waals surface area contributed by atoms with Crippen molar-refractivity contribution in [3.05, 3.63) is 102 Å². The molecule has 0 aliphatic carbocycles. The summed E-state index contributed by atoms with van der Waals surface area (Å²) in [6, 6.07) is 16.1. The van der Waals surface area contributed by atoms with Crippen LogP contribution in [0.4, 0.5) is 13.2 Å². The van der Waals surface area contributed by atoms with Crippen LogP contribution in [-0.4, -0.2) is 17.6 Å². The van der Waals surface area contributed by atoms with Crippen LogP contribution in [0.25, 0.3) is 17.3 Å². The lowest BCUT2D eigenvalue weighted by molar-refractivity contribution is -0.138. The van der Waals surface area contributed by atoms with Gasteiger partial charge in [-0.25, -0.2) is 9.78 Å². The van der Waals surface area contributed by atoms with Crippen molar-refractivity contribution in [2.24, 2.45) is 0 Å². The van der Waals surface area contributed by atoms with Crippen molar-refractivity contribution < 1.29 is 27.4 Å². The van der Waals surface area contributed by atoms with Gasteiger partial charge in [-0.2, -0.15) is 13.2 Å². The van der Waals surface area contributed by atoms with E-state index in [9.17, 15) is 18.0 Å². The summed E-state index contributed by atoms with van der Waals surface area (Å²) in [7, 11) is 0. The second-order valence-electron chi connectivity index (χ2n) is 8.72. The van der Waals surface area contributed by atoms with Crippen LogP contribution in [0.15, 0.2) is 79.4 Å². The lowest BCUT2D eigenvalue weighted by atomic mass is 10.0. The van der Waals surface area contributed by atoms with Gasteiger partial charge in [-0.05, 0) is 79.8 Å². The minimum Gasteiger partial charge on any atom is -0.484 e. The number of pyridine rings is 1. The first kappa shape index (κ1) is 28.7. The smallest absolute Gasteiger partial charge is 0.416 e. The quantitative estimate of drug-likeness (QED) is 0.136. The number of benzene rings is 2. The van der Waals surface area contributed by atoms with Gasteiger partial charge < -0.3 is 9.47 Å². The number of nitrogens with zero attached hydrogens (tertiary/aromatic N) is 1. The van der Waals surface area contributed by atoms with Gasteiger partial charge in [0.15, 0.2) is 0 Å². The number of halogens is 3. The zero-order chi connectivity index (χ0) is 27.5. The maximum absolute atomic E-state index is 13.0. The molecule has 200 valence electrons. The van der Waals surface area contributed by atoms with Crippen LogP contribution in [0.3, 0.4) is 0 Å². The molecule has 0 spiro atoms. The molecule has 0 N–H and O–H groups in total. The molecule has 0 bridgehead atoms. The monoisotopic (exact) mass is 523 g/mol. The van der Waals surface area contributed by atoms with Gasteiger partial charge in [0.05, 0.1) is 23.6 Å². The van der Waals surface area contributed by atoms with E-state index < -0.39 is 17.7 Å². The zero-order valence-electron chi connectivity index (χ0n) is 21.6. The van der Waals surface area contributed by atoms with E-state index in [0.717, 1.165) is 42.5 Å². The van der Waals surface area contributed by atoms with Gasteiger partial charge in [0.2, 0.25) is 0 Å². The largest absolute Gasteiger partial charge is 0.484 e. The fraction of sp³-hybridized carbons (Fsp3) is 0.290. The van der Waals surface area contributed by atoms with E-state index in [2.05, 4.69) is 13.5 Å². The summed E-state index contributed by atoms with van der Waals surface area (Å²) in [5, 5.41) is 0. The second kappa shape index (κ2) is 13.6. The molecule has 0 saturated heterocycles. The zero-order valence-corrected chi connectivity index (χ0v) is 21.6. The number of carbonyl (C=O) groups excluding carboxylic acids is 1. The third kappa shape index (κ3) is 8.07. The molecule has 1 aromatic heterocycles. The van der Waals surface area contributed by atoms with Crippen molar-refractivity contribution in [3.63, 3.8) is 0 Å². The highest BCUT2D eigenvalue weighted by molar-refractivity contribution is 5.87. The highest BCUT2D eigenvalue weighted by Crippen LogP contribution is 2.33. The normalized spacial score (nSPS) is 12.3. The summed E-state index contributed by atoms with van der Waals surface area (Å²) in [6.45, 7) is 8.01. The Bertz CT molecular complexity index is 1250. The van der Waals surface area contributed by atoms with Gasteiger partial charge in [0, 0.05) is 11.6 Å². The molecule has 38 heavy (non-hydrogen) atoms. The van der Waals surface area contributed by atoms with E-state index in [1.807, 2.05) is 30.3 Å². The van der Waals surface area contributed by atoms with Crippen LogP contribution < -0.4 is 4.74 Å². The standard InChI is InChI=1S/C31H32F3NO3/c1-4-7-12-29(27-11-8-10-26(35-27)23-15-17-25(18-16-23)31(32,33)34)38-28-19-13-22(21-24(28)9-5-2)14-20-30(36)37-6-3/h5,8,10-11,13-21,29H,2,4,6-7,9,12H2,1,3H3. The predicted octanol–water partition coefficient (Wildman–Crippen LogP) is 8.38. The summed E-state index contributed by atoms with van der Waals surface area (Å²) in [4.78, 5) is 16.4. The first-order valence-corrected chi connectivity index (χ1v) is 12.6. The molecule has 0 radical (unpaired) electrons. The van der Waals surface area contributed by atoms with E-state index >= 15 is 0 Å². The molecule has 0 fully saturated rings. The molecule has 4 nitrogen and oxygen atoms in total. The lowest BCUT2D eigenvalue weighted by Crippen LogP contribution is -2.11. The fourth-order valence-electron chi connectivity index (χ4n) is 3.92. The Balaban J connectivity index is 1.89. The SMILES string of the molecule is C=CCc1cc(C=CC(=O)OCC)ccc1OC(CCCC)c1cccc(-c2ccc(C(F)(F)F)cc2)n1. The van der Waals surface area contributed by atoms with Crippen molar-refractivity contribution in [1.82, 2.24) is 4.98 Å². The van der Waals surface area contributed by atoms with Crippen LogP contribution in [0.5, 0.6) is 5.75 Å². The van der Waals surface area contributed by atoms with Crippen molar-refractivity contribution in [2.45, 2.75) is 51.8 Å². The minimum atomic E-state index is -4.39. The van der Waals surface area contributed by atoms with Crippen LogP contribution in [0.1, 0.15) is 61.6 Å². The summed E-state index contributed by atoms with van der Waals surface area (Å²) in [6.07, 6.45) is 3.29. The van der Waals surface area contributed by atoms with Gasteiger partial charge in [0.1, 0.15) is 11.9 Å². The molecular weight excluding hydrogens is 491 g/mol. The number of alkyl halides is 3. The van der Waals surface area contributed by atoms with E-state index in [-0.39, 0.29) is 6.10 Å². The number of allylic oxidation sites excluding steroid dienone is 1. The number of aromatic nitrogens is 1. The first-order chi connectivity index (χ1) is 18.2. The Labute approximate surface area is 221 Å². The molecule has 0 aliphatic rings. The van der Waals surface area contributed by atoms with E-state index in [1.165, 1.54) is 18.2 Å². The third-order valence-electron chi connectivity index (χ3n) is 5.84. The van der Waals surface area contributed by atoms with Gasteiger partial charge >= 0.3 is 12.1 Å². The maximum atomic E-state index is 13.0. The molecule has 3 rings (SSSR count). The van der Waals surface area contributed by atoms with Crippen LogP contribution in [0.2, 0.25) is 0 Å². The molecular formula is C31H32F3NO3. The van der Waals surface area contributed by atoms with Crippen molar-refractivity contribution in [3.8, 4) is 17.0 Å². The predicted molar refractivity (Wildman–Crippen MR) is 144 cm³/mol. The highest BCUT2D eigenvalue weighted by atomic mass is 19.4. The molecule has 0 aliphatic heterocycles. The lowest BCUT2D eigenvalue weighted by Gasteiger charge is -2.21. The van der Waals surface area contributed by atoms with Crippen molar-refractivity contribution in [1.29, 1.82) is 0 Å². The van der Waals surface area contributed by atoms with E-state index in [1.54, 1.807) is 25.1 Å². The Morgan fingerprint density at radius 3 is 2.50 bits per heavy atom. The molecule has 1 heterocycles. The Morgan fingerprint density at radius 1 is 1.08 bits per heavy atom. The van der Waals surface area contributed by atoms with Crippen LogP contribution >= 0.6 is 0 Å². The molecule has 3 aromatic rings. The average Bonchev–Trinajstić information content (AvgIpc) is 2.91. The Kier molecular flexibility index (Phi) is 10.3. The molecule has 0 amide bonds. The second-order valence-corrected chi connectivity index (χ2v) is 8.72. The maximum Gasteiger partial charge on any atom is 0.416 e. The number of rotatable bonds is 12. The number of hydrogen-bond acceptors (Lipinski definition) is 4. The number of esters is 1. The molecule has 7 heteroatoms. The molecule has 0 saturated carbocycles. The Hall–Kier alpha value is -3.87. The first-order valence-electron chi connectivity index (χ1n) is 12.6. The highest BCUT2D eigenvalue weighted by Gasteiger charge is 2.30. The van der Waals surface area contributed by atoms with E-state index in [0.29, 0.717) is 35.7 Å². The average molecular weight is 524 g/mol. The Morgan fingerprint density at radius 2 is 1.84 bits per heavy atom. The van der Waals surface area contributed by atoms with Crippen molar-refractivity contribution in [2.75, 3.05) is 6.61 Å². The van der Waals surface area contributed by atoms with Gasteiger partial charge in [-0.1, -0.05) is 43.7 Å². The number of hydrogen-bond donors (Lipinski definition) is 0. The summed E-state index contributed by atoms with van der Waals surface area (Å²) in [5.74, 6) is 0.276. The van der Waals surface area contributed by atoms with Crippen LogP contribution in [-0.2, 0) is 22.1 Å². The molecule has 2 aromatic carbocycles. The fourth-order valence-corrected chi connectivity index (χ4v) is 3.92. The van der Waals surface area contributed by atoms with Gasteiger partial charge in [-0.3, -0.25) is 0 Å².